The van der Waals surface area contributed by atoms with Crippen LogP contribution in [0.5, 0.6) is 5.75 Å². The molecule has 36 heavy (non-hydrogen) atoms. The first-order valence-electron chi connectivity index (χ1n) is 12.5. The number of hydrogen-bond acceptors (Lipinski definition) is 5. The van der Waals surface area contributed by atoms with Gasteiger partial charge in [0.15, 0.2) is 0 Å². The van der Waals surface area contributed by atoms with Crippen molar-refractivity contribution < 1.29 is 28.5 Å². The van der Waals surface area contributed by atoms with Crippen LogP contribution in [0.2, 0.25) is 0 Å². The van der Waals surface area contributed by atoms with Gasteiger partial charge in [-0.3, -0.25) is 4.79 Å². The topological polar surface area (TPSA) is 73.2 Å². The van der Waals surface area contributed by atoms with Crippen molar-refractivity contribution in [3.05, 3.63) is 71.3 Å². The Bertz CT molecular complexity index is 1040. The van der Waals surface area contributed by atoms with E-state index in [1.165, 1.54) is 17.7 Å². The third kappa shape index (κ3) is 6.49. The molecule has 1 amide bonds. The van der Waals surface area contributed by atoms with Crippen LogP contribution in [-0.2, 0) is 4.79 Å². The minimum absolute atomic E-state index is 0.264. The van der Waals surface area contributed by atoms with Gasteiger partial charge in [-0.1, -0.05) is 12.1 Å². The molecule has 6 nitrogen and oxygen atoms in total. The highest BCUT2D eigenvalue weighted by Crippen LogP contribution is 2.31. The van der Waals surface area contributed by atoms with Crippen LogP contribution in [0.1, 0.15) is 42.7 Å². The number of β-amino-alcohol motifs (C(OH)–C–C–N with tert-alkyl or cyclic N) is 1. The number of carbonyl (C=O) groups is 1. The molecule has 0 saturated carbocycles. The molecule has 0 spiro atoms. The molecule has 0 aromatic heterocycles. The van der Waals surface area contributed by atoms with E-state index in [0.29, 0.717) is 25.6 Å². The molecule has 194 valence electrons. The number of likely N-dealkylation sites (tertiary alicyclic amines) is 2. The Hall–Kier alpha value is -2.81. The van der Waals surface area contributed by atoms with Gasteiger partial charge >= 0.3 is 0 Å². The number of aliphatic hydroxyl groups excluding tert-OH is 1. The van der Waals surface area contributed by atoms with Crippen LogP contribution in [0.15, 0.2) is 48.5 Å². The van der Waals surface area contributed by atoms with Crippen LogP contribution in [0.4, 0.5) is 8.78 Å². The summed E-state index contributed by atoms with van der Waals surface area (Å²) in [6, 6.07) is 11.3. The van der Waals surface area contributed by atoms with Gasteiger partial charge in [-0.05, 0) is 86.2 Å². The number of rotatable bonds is 7. The molecule has 1 unspecified atom stereocenters. The van der Waals surface area contributed by atoms with Crippen molar-refractivity contribution in [3.8, 4) is 5.75 Å². The fraction of sp³-hybridized carbons (Fsp3) is 0.464. The Balaban J connectivity index is 1.23. The van der Waals surface area contributed by atoms with Gasteiger partial charge in [0.1, 0.15) is 17.4 Å². The van der Waals surface area contributed by atoms with Crippen LogP contribution in [0.25, 0.3) is 6.08 Å². The predicted octanol–water partition coefficient (Wildman–Crippen LogP) is 3.58. The average molecular weight is 501 g/mol. The number of ether oxygens (including phenoxy) is 1. The zero-order valence-electron chi connectivity index (χ0n) is 20.6. The van der Waals surface area contributed by atoms with Gasteiger partial charge in [0, 0.05) is 31.8 Å². The molecule has 0 radical (unpaired) electrons. The summed E-state index contributed by atoms with van der Waals surface area (Å²) in [5.41, 5.74) is 0.308. The Morgan fingerprint density at radius 3 is 2.28 bits per heavy atom. The largest absolute Gasteiger partial charge is 0.497 e. The molecular weight excluding hydrogens is 466 g/mol. The summed E-state index contributed by atoms with van der Waals surface area (Å²) in [6.07, 6.45) is 4.26. The number of halogens is 2. The van der Waals surface area contributed by atoms with Crippen molar-refractivity contribution in [2.24, 2.45) is 0 Å². The van der Waals surface area contributed by atoms with E-state index in [-0.39, 0.29) is 24.3 Å². The summed E-state index contributed by atoms with van der Waals surface area (Å²) in [5.74, 6) is -0.387. The third-order valence-electron chi connectivity index (χ3n) is 7.47. The van der Waals surface area contributed by atoms with E-state index >= 15 is 0 Å². The van der Waals surface area contributed by atoms with E-state index < -0.39 is 23.3 Å². The molecule has 4 rings (SSSR count). The fourth-order valence-corrected chi connectivity index (χ4v) is 5.13. The number of aliphatic hydroxyl groups is 2. The first-order chi connectivity index (χ1) is 17.3. The van der Waals surface area contributed by atoms with E-state index in [1.54, 1.807) is 12.0 Å². The zero-order chi connectivity index (χ0) is 25.7. The highest BCUT2D eigenvalue weighted by atomic mass is 19.1. The van der Waals surface area contributed by atoms with Crippen LogP contribution < -0.4 is 4.74 Å². The predicted molar refractivity (Wildman–Crippen MR) is 134 cm³/mol. The van der Waals surface area contributed by atoms with Gasteiger partial charge in [-0.15, -0.1) is 0 Å². The van der Waals surface area contributed by atoms with Crippen molar-refractivity contribution in [1.82, 2.24) is 9.80 Å². The lowest BCUT2D eigenvalue weighted by Crippen LogP contribution is -2.56. The third-order valence-corrected chi connectivity index (χ3v) is 7.47. The summed E-state index contributed by atoms with van der Waals surface area (Å²) in [7, 11) is 1.66. The summed E-state index contributed by atoms with van der Waals surface area (Å²) in [4.78, 5) is 16.3. The van der Waals surface area contributed by atoms with Crippen molar-refractivity contribution in [2.45, 2.75) is 43.3 Å². The number of carbonyl (C=O) groups excluding carboxylic acids is 1. The second-order valence-electron chi connectivity index (χ2n) is 9.83. The maximum absolute atomic E-state index is 13.3. The lowest BCUT2D eigenvalue weighted by atomic mass is 9.84. The molecule has 2 heterocycles. The van der Waals surface area contributed by atoms with Crippen molar-refractivity contribution in [3.63, 3.8) is 0 Å². The normalized spacial score (nSPS) is 20.0. The molecular formula is C28H34F2N2O4. The molecule has 2 aliphatic rings. The number of nitrogens with zero attached hydrogens (tertiary/aromatic N) is 2. The Morgan fingerprint density at radius 1 is 1.08 bits per heavy atom. The first-order valence-corrected chi connectivity index (χ1v) is 12.5. The van der Waals surface area contributed by atoms with E-state index in [0.717, 1.165) is 49.9 Å². The second kappa shape index (κ2) is 11.5. The SMILES string of the molecule is COc1ccc(C2CCN(CC(O)C3(O)CCN(C(=O)/C=C/c4cc(F)cc(F)c4)CC3)CC2)cc1. The Kier molecular flexibility index (Phi) is 8.39. The number of benzene rings is 2. The average Bonchev–Trinajstić information content (AvgIpc) is 2.87. The van der Waals surface area contributed by atoms with E-state index in [4.69, 9.17) is 4.74 Å². The minimum Gasteiger partial charge on any atom is -0.497 e. The zero-order valence-corrected chi connectivity index (χ0v) is 20.6. The van der Waals surface area contributed by atoms with Crippen molar-refractivity contribution in [2.75, 3.05) is 39.8 Å². The second-order valence-corrected chi connectivity index (χ2v) is 9.83. The Morgan fingerprint density at radius 2 is 1.69 bits per heavy atom. The molecule has 2 saturated heterocycles. The Labute approximate surface area is 210 Å². The molecule has 8 heteroatoms. The van der Waals surface area contributed by atoms with Gasteiger partial charge in [0.05, 0.1) is 18.8 Å². The molecule has 2 aromatic rings. The standard InChI is InChI=1S/C28H34F2N2O4/c1-36-25-5-3-21(4-6-25)22-8-12-31(13-9-22)19-26(33)28(35)10-14-32(15-11-28)27(34)7-2-20-16-23(29)18-24(30)17-20/h2-7,16-18,22,26,33,35H,8-15,19H2,1H3/b7-2+. The lowest BCUT2D eigenvalue weighted by molar-refractivity contribution is -0.140. The van der Waals surface area contributed by atoms with Crippen LogP contribution >= 0.6 is 0 Å². The van der Waals surface area contributed by atoms with Gasteiger partial charge in [-0.2, -0.15) is 0 Å². The van der Waals surface area contributed by atoms with Crippen molar-refractivity contribution in [1.29, 1.82) is 0 Å². The van der Waals surface area contributed by atoms with Crippen LogP contribution in [-0.4, -0.2) is 77.5 Å². The van der Waals surface area contributed by atoms with E-state index in [2.05, 4.69) is 17.0 Å². The highest BCUT2D eigenvalue weighted by Gasteiger charge is 2.40. The lowest BCUT2D eigenvalue weighted by Gasteiger charge is -2.43. The van der Waals surface area contributed by atoms with Crippen LogP contribution in [0.3, 0.4) is 0 Å². The first kappa shape index (κ1) is 26.3. The minimum atomic E-state index is -1.25. The molecule has 2 aliphatic heterocycles. The van der Waals surface area contributed by atoms with Gasteiger partial charge in [0.25, 0.3) is 0 Å². The fourth-order valence-electron chi connectivity index (χ4n) is 5.13. The molecule has 2 fully saturated rings. The van der Waals surface area contributed by atoms with E-state index in [1.807, 2.05) is 12.1 Å². The molecule has 0 aliphatic carbocycles. The molecule has 0 bridgehead atoms. The summed E-state index contributed by atoms with van der Waals surface area (Å²) in [5, 5.41) is 22.0. The molecule has 2 aromatic carbocycles. The number of piperidine rings is 2. The van der Waals surface area contributed by atoms with Crippen LogP contribution in [0, 0.1) is 11.6 Å². The van der Waals surface area contributed by atoms with Gasteiger partial charge in [-0.25, -0.2) is 8.78 Å². The number of amides is 1. The quantitative estimate of drug-likeness (QED) is 0.569. The highest BCUT2D eigenvalue weighted by molar-refractivity contribution is 5.91. The smallest absolute Gasteiger partial charge is 0.246 e. The van der Waals surface area contributed by atoms with Crippen molar-refractivity contribution >= 4 is 12.0 Å². The summed E-state index contributed by atoms with van der Waals surface area (Å²) in [6.45, 7) is 2.69. The van der Waals surface area contributed by atoms with Gasteiger partial charge < -0.3 is 24.7 Å². The maximum atomic E-state index is 13.3. The monoisotopic (exact) mass is 500 g/mol. The number of hydrogen-bond donors (Lipinski definition) is 2. The molecule has 1 atom stereocenters. The summed E-state index contributed by atoms with van der Waals surface area (Å²) >= 11 is 0. The number of methoxy groups -OCH3 is 1. The maximum Gasteiger partial charge on any atom is 0.246 e. The summed E-state index contributed by atoms with van der Waals surface area (Å²) < 4.78 is 31.9. The van der Waals surface area contributed by atoms with Gasteiger partial charge in [0.2, 0.25) is 5.91 Å². The molecule has 2 N–H and O–H groups in total. The van der Waals surface area contributed by atoms with E-state index in [9.17, 15) is 23.8 Å².